The molecule has 0 saturated carbocycles. The van der Waals surface area contributed by atoms with Crippen molar-refractivity contribution in [3.05, 3.63) is 21.1 Å². The fourth-order valence-corrected chi connectivity index (χ4v) is 22.0. The summed E-state index contributed by atoms with van der Waals surface area (Å²) in [5.74, 6) is 0.674. The maximum absolute atomic E-state index is 2.98. The van der Waals surface area contributed by atoms with Crippen LogP contribution in [0.4, 0.5) is 0 Å². The number of nitrogens with zero attached hydrogens (tertiary/aromatic N) is 3. The van der Waals surface area contributed by atoms with E-state index in [0.717, 1.165) is 6.42 Å². The monoisotopic (exact) mass is 433 g/mol. The van der Waals surface area contributed by atoms with Gasteiger partial charge >= 0.3 is 125 Å². The first-order chi connectivity index (χ1) is 8.79. The second-order valence-corrected chi connectivity index (χ2v) is 22.5. The Morgan fingerprint density at radius 3 is 1.89 bits per heavy atom. The summed E-state index contributed by atoms with van der Waals surface area (Å²) >= 11 is -2.98. The number of hydrogen-bond donors (Lipinski definition) is 0. The van der Waals surface area contributed by atoms with Crippen LogP contribution in [0.2, 0.25) is 0 Å². The quantitative estimate of drug-likeness (QED) is 0.599. The van der Waals surface area contributed by atoms with Crippen LogP contribution in [-0.4, -0.2) is 50.9 Å². The van der Waals surface area contributed by atoms with Gasteiger partial charge in [0.25, 0.3) is 0 Å². The molecule has 0 heterocycles. The Morgan fingerprint density at radius 1 is 1.05 bits per heavy atom. The molecule has 0 spiro atoms. The number of hydrogen-bond acceptors (Lipinski definition) is 3. The molecule has 4 heteroatoms. The fourth-order valence-electron chi connectivity index (χ4n) is 3.54. The van der Waals surface area contributed by atoms with Gasteiger partial charge in [0.15, 0.2) is 0 Å². The van der Waals surface area contributed by atoms with Crippen molar-refractivity contribution in [2.75, 3.05) is 42.3 Å². The van der Waals surface area contributed by atoms with E-state index < -0.39 is 20.8 Å². The summed E-state index contributed by atoms with van der Waals surface area (Å²) in [6, 6.07) is 0. The van der Waals surface area contributed by atoms with Gasteiger partial charge in [-0.25, -0.2) is 0 Å². The van der Waals surface area contributed by atoms with Gasteiger partial charge in [-0.1, -0.05) is 0 Å². The summed E-state index contributed by atoms with van der Waals surface area (Å²) in [6.45, 7) is 4.66. The third kappa shape index (κ3) is 2.97. The van der Waals surface area contributed by atoms with E-state index >= 15 is 0 Å². The Labute approximate surface area is 125 Å². The van der Waals surface area contributed by atoms with Crippen LogP contribution in [0.3, 0.4) is 0 Å². The first-order valence-electron chi connectivity index (χ1n) is 7.22. The summed E-state index contributed by atoms with van der Waals surface area (Å²) in [6.07, 6.45) is 7.12. The van der Waals surface area contributed by atoms with Gasteiger partial charge in [0, 0.05) is 0 Å². The summed E-state index contributed by atoms with van der Waals surface area (Å²) in [5.41, 5.74) is 1.61. The van der Waals surface area contributed by atoms with Crippen LogP contribution in [0.15, 0.2) is 21.1 Å². The molecule has 110 valence electrons. The van der Waals surface area contributed by atoms with Crippen molar-refractivity contribution in [2.24, 2.45) is 5.92 Å². The third-order valence-corrected chi connectivity index (χ3v) is 22.5. The van der Waals surface area contributed by atoms with Crippen LogP contribution in [0.1, 0.15) is 26.7 Å². The van der Waals surface area contributed by atoms with Crippen LogP contribution in [-0.2, 0) is 20.8 Å². The molecule has 0 N–H and O–H groups in total. The van der Waals surface area contributed by atoms with Gasteiger partial charge in [0.2, 0.25) is 0 Å². The van der Waals surface area contributed by atoms with Crippen molar-refractivity contribution in [3.8, 4) is 0 Å². The first kappa shape index (κ1) is 17.3. The summed E-state index contributed by atoms with van der Waals surface area (Å²) < 4.78 is 9.36. The molecule has 1 aliphatic carbocycles. The molecule has 0 aromatic rings. The Hall–Kier alpha value is 0.230. The fraction of sp³-hybridized carbons (Fsp3) is 0.733. The van der Waals surface area contributed by atoms with Crippen LogP contribution in [0.25, 0.3) is 0 Å². The molecule has 1 aliphatic rings. The molecule has 1 unspecified atom stereocenters. The second-order valence-electron chi connectivity index (χ2n) is 6.17. The molecule has 1 atom stereocenters. The standard InChI is InChI=1S/C9H13.3C2H6N.Hf/c1-3-8(2)9-6-4-5-7-9;3*1-3-2;/h4,6,8H,3,5H2,1-2H3;3*1-2H3;/q;3*-1;+3. The molecule has 0 bridgehead atoms. The zero-order chi connectivity index (χ0) is 14.8. The predicted molar refractivity (Wildman–Crippen MR) is 81.3 cm³/mol. The van der Waals surface area contributed by atoms with Crippen molar-refractivity contribution in [3.63, 3.8) is 0 Å². The molecule has 0 fully saturated rings. The van der Waals surface area contributed by atoms with Crippen molar-refractivity contribution in [1.29, 1.82) is 0 Å². The molecule has 3 nitrogen and oxygen atoms in total. The van der Waals surface area contributed by atoms with E-state index in [0.29, 0.717) is 5.92 Å². The van der Waals surface area contributed by atoms with Gasteiger partial charge in [-0.3, -0.25) is 0 Å². The van der Waals surface area contributed by atoms with E-state index in [4.69, 9.17) is 0 Å². The van der Waals surface area contributed by atoms with Crippen LogP contribution >= 0.6 is 0 Å². The van der Waals surface area contributed by atoms with Gasteiger partial charge in [-0.2, -0.15) is 0 Å². The third-order valence-electron chi connectivity index (χ3n) is 4.39. The zero-order valence-electron chi connectivity index (χ0n) is 14.0. The van der Waals surface area contributed by atoms with Crippen molar-refractivity contribution in [1.82, 2.24) is 8.66 Å². The van der Waals surface area contributed by atoms with E-state index in [1.165, 1.54) is 6.42 Å². The van der Waals surface area contributed by atoms with Crippen molar-refractivity contribution < 1.29 is 20.8 Å². The number of rotatable bonds is 6. The second kappa shape index (κ2) is 6.79. The van der Waals surface area contributed by atoms with Crippen molar-refractivity contribution in [2.45, 2.75) is 26.7 Å². The van der Waals surface area contributed by atoms with Crippen LogP contribution < -0.4 is 0 Å². The Morgan fingerprint density at radius 2 is 1.53 bits per heavy atom. The summed E-state index contributed by atoms with van der Waals surface area (Å²) in [7, 11) is 13.6. The molecular formula is C15H31HfN3. The molecule has 0 radical (unpaired) electrons. The predicted octanol–water partition coefficient (Wildman–Crippen LogP) is 2.83. The van der Waals surface area contributed by atoms with E-state index in [1.807, 2.05) is 0 Å². The average Bonchev–Trinajstić information content (AvgIpc) is 2.76. The number of allylic oxidation sites excluding steroid dienone is 4. The van der Waals surface area contributed by atoms with Crippen LogP contribution in [0, 0.1) is 5.92 Å². The van der Waals surface area contributed by atoms with E-state index in [2.05, 4.69) is 76.9 Å². The Balaban J connectivity index is 3.41. The molecule has 0 aromatic carbocycles. The van der Waals surface area contributed by atoms with Crippen molar-refractivity contribution >= 4 is 0 Å². The molecule has 0 saturated heterocycles. The normalized spacial score (nSPS) is 18.3. The molecule has 19 heavy (non-hydrogen) atoms. The minimum atomic E-state index is -2.98. The maximum atomic E-state index is 2.54. The molecule has 1 rings (SSSR count). The zero-order valence-corrected chi connectivity index (χ0v) is 17.6. The Kier molecular flexibility index (Phi) is 6.18. The molecular weight excluding hydrogens is 401 g/mol. The molecule has 0 aromatic heterocycles. The SMILES string of the molecule is CCC(C)C1=[C]([Hf]([N](C)C)([N](C)C)[N](C)C)CC=C1. The summed E-state index contributed by atoms with van der Waals surface area (Å²) in [5, 5.41) is 0. The van der Waals surface area contributed by atoms with E-state index in [-0.39, 0.29) is 0 Å². The topological polar surface area (TPSA) is 9.72 Å². The minimum absolute atomic E-state index is 0.674. The van der Waals surface area contributed by atoms with E-state index in [9.17, 15) is 0 Å². The van der Waals surface area contributed by atoms with Gasteiger partial charge in [0.05, 0.1) is 0 Å². The summed E-state index contributed by atoms with van der Waals surface area (Å²) in [4.78, 5) is 0. The van der Waals surface area contributed by atoms with Gasteiger partial charge in [-0.15, -0.1) is 0 Å². The Bertz CT molecular complexity index is 348. The molecule has 0 amide bonds. The average molecular weight is 432 g/mol. The first-order valence-corrected chi connectivity index (χ1v) is 13.8. The molecule has 0 aliphatic heterocycles. The van der Waals surface area contributed by atoms with Gasteiger partial charge < -0.3 is 0 Å². The van der Waals surface area contributed by atoms with Gasteiger partial charge in [-0.05, 0) is 0 Å². The van der Waals surface area contributed by atoms with E-state index in [1.54, 1.807) is 8.90 Å². The van der Waals surface area contributed by atoms with Gasteiger partial charge in [0.1, 0.15) is 0 Å². The van der Waals surface area contributed by atoms with Crippen LogP contribution in [0.5, 0.6) is 0 Å².